The molecule has 1 unspecified atom stereocenters. The summed E-state index contributed by atoms with van der Waals surface area (Å²) < 4.78 is 0. The molecule has 3 rings (SSSR count). The fourth-order valence-corrected chi connectivity index (χ4v) is 4.39. The Kier molecular flexibility index (Phi) is 4.21. The first kappa shape index (κ1) is 14.2. The number of aliphatic hydroxyl groups is 1. The molecule has 1 atom stereocenters. The molecule has 5 heteroatoms. The summed E-state index contributed by atoms with van der Waals surface area (Å²) >= 11 is 3.59. The molecule has 0 fully saturated rings. The van der Waals surface area contributed by atoms with Crippen molar-refractivity contribution in [3.63, 3.8) is 0 Å². The molecule has 1 N–H and O–H groups in total. The number of thiophene rings is 1. The molecule has 0 spiro atoms. The van der Waals surface area contributed by atoms with Gasteiger partial charge < -0.3 is 5.11 Å². The van der Waals surface area contributed by atoms with Crippen LogP contribution in [0, 0.1) is 6.92 Å². The minimum Gasteiger partial charge on any atom is -0.392 e. The zero-order valence-corrected chi connectivity index (χ0v) is 13.6. The van der Waals surface area contributed by atoms with Crippen LogP contribution in [0.1, 0.15) is 28.8 Å². The van der Waals surface area contributed by atoms with Gasteiger partial charge in [-0.05, 0) is 31.4 Å². The van der Waals surface area contributed by atoms with Crippen molar-refractivity contribution in [2.75, 3.05) is 13.1 Å². The van der Waals surface area contributed by atoms with Gasteiger partial charge in [0.1, 0.15) is 0 Å². The standard InChI is InChI=1S/C15H20N2OS2/c1-3-12(18)8-17-5-4-14-11(7-17)6-15(20-14)13-9-19-10(2)16-13/h6,9,12,18H,3-5,7-8H2,1-2H3. The third-order valence-corrected chi connectivity index (χ3v) is 5.79. The zero-order valence-electron chi connectivity index (χ0n) is 11.9. The molecular weight excluding hydrogens is 288 g/mol. The van der Waals surface area contributed by atoms with Gasteiger partial charge in [-0.3, -0.25) is 4.90 Å². The summed E-state index contributed by atoms with van der Waals surface area (Å²) in [5, 5.41) is 13.1. The molecular formula is C15H20N2OS2. The maximum atomic E-state index is 9.80. The highest BCUT2D eigenvalue weighted by Gasteiger charge is 2.21. The summed E-state index contributed by atoms with van der Waals surface area (Å²) in [5.41, 5.74) is 2.54. The van der Waals surface area contributed by atoms with Gasteiger partial charge >= 0.3 is 0 Å². The summed E-state index contributed by atoms with van der Waals surface area (Å²) in [4.78, 5) is 9.72. The molecule has 0 saturated carbocycles. The first-order chi connectivity index (χ1) is 9.65. The summed E-state index contributed by atoms with van der Waals surface area (Å²) in [5.74, 6) is 0. The van der Waals surface area contributed by atoms with Crippen LogP contribution in [0.4, 0.5) is 0 Å². The van der Waals surface area contributed by atoms with Gasteiger partial charge in [-0.15, -0.1) is 22.7 Å². The number of β-amino-alcohol motifs (C(OH)–C–C–N with tert-alkyl or cyclic N) is 1. The second kappa shape index (κ2) is 5.93. The van der Waals surface area contributed by atoms with Gasteiger partial charge in [0.05, 0.1) is 21.7 Å². The molecule has 1 aliphatic rings. The molecule has 0 aromatic carbocycles. The molecule has 0 aliphatic carbocycles. The van der Waals surface area contributed by atoms with Gasteiger partial charge in [-0.1, -0.05) is 6.92 Å². The third-order valence-electron chi connectivity index (χ3n) is 3.76. The van der Waals surface area contributed by atoms with E-state index in [4.69, 9.17) is 0 Å². The largest absolute Gasteiger partial charge is 0.392 e. The minimum absolute atomic E-state index is 0.198. The van der Waals surface area contributed by atoms with Crippen LogP contribution < -0.4 is 0 Å². The maximum Gasteiger partial charge on any atom is 0.0914 e. The number of thiazole rings is 1. The Morgan fingerprint density at radius 1 is 1.50 bits per heavy atom. The van der Waals surface area contributed by atoms with Crippen molar-refractivity contribution in [3.05, 3.63) is 26.9 Å². The van der Waals surface area contributed by atoms with Crippen molar-refractivity contribution >= 4 is 22.7 Å². The fourth-order valence-electron chi connectivity index (χ4n) is 2.58. The molecule has 0 radical (unpaired) electrons. The zero-order chi connectivity index (χ0) is 14.1. The second-order valence-electron chi connectivity index (χ2n) is 5.36. The molecule has 2 aromatic rings. The Labute approximate surface area is 127 Å². The number of rotatable bonds is 4. The van der Waals surface area contributed by atoms with E-state index < -0.39 is 0 Å². The van der Waals surface area contributed by atoms with Crippen LogP contribution in [0.3, 0.4) is 0 Å². The molecule has 0 amide bonds. The highest BCUT2D eigenvalue weighted by Crippen LogP contribution is 2.35. The van der Waals surface area contributed by atoms with E-state index in [1.807, 2.05) is 18.3 Å². The Morgan fingerprint density at radius 2 is 2.35 bits per heavy atom. The third kappa shape index (κ3) is 2.96. The molecule has 0 bridgehead atoms. The van der Waals surface area contributed by atoms with Crippen LogP contribution >= 0.6 is 22.7 Å². The smallest absolute Gasteiger partial charge is 0.0914 e. The summed E-state index contributed by atoms with van der Waals surface area (Å²) in [6.45, 7) is 6.89. The van der Waals surface area contributed by atoms with Crippen LogP contribution in [0.5, 0.6) is 0 Å². The van der Waals surface area contributed by atoms with Crippen LogP contribution in [0.25, 0.3) is 10.6 Å². The van der Waals surface area contributed by atoms with Gasteiger partial charge in [0.15, 0.2) is 0 Å². The maximum absolute atomic E-state index is 9.80. The van der Waals surface area contributed by atoms with E-state index >= 15 is 0 Å². The lowest BCUT2D eigenvalue weighted by molar-refractivity contribution is 0.103. The van der Waals surface area contributed by atoms with Crippen LogP contribution in [-0.4, -0.2) is 34.2 Å². The predicted molar refractivity (Wildman–Crippen MR) is 85.4 cm³/mol. The second-order valence-corrected chi connectivity index (χ2v) is 7.56. The summed E-state index contributed by atoms with van der Waals surface area (Å²) in [7, 11) is 0. The van der Waals surface area contributed by atoms with Gasteiger partial charge in [-0.25, -0.2) is 4.98 Å². The first-order valence-corrected chi connectivity index (χ1v) is 8.80. The van der Waals surface area contributed by atoms with Crippen molar-refractivity contribution in [3.8, 4) is 10.6 Å². The minimum atomic E-state index is -0.198. The van der Waals surface area contributed by atoms with Crippen LogP contribution in [0.2, 0.25) is 0 Å². The molecule has 1 aliphatic heterocycles. The molecule has 3 heterocycles. The average Bonchev–Trinajstić information content (AvgIpc) is 3.03. The van der Waals surface area contributed by atoms with E-state index in [0.29, 0.717) is 0 Å². The van der Waals surface area contributed by atoms with E-state index in [2.05, 4.69) is 28.3 Å². The normalized spacial score (nSPS) is 17.1. The van der Waals surface area contributed by atoms with E-state index in [9.17, 15) is 5.11 Å². The lowest BCUT2D eigenvalue weighted by Gasteiger charge is -2.28. The summed E-state index contributed by atoms with van der Waals surface area (Å²) in [6.07, 6.45) is 1.73. The molecule has 108 valence electrons. The lowest BCUT2D eigenvalue weighted by Crippen LogP contribution is -2.35. The predicted octanol–water partition coefficient (Wildman–Crippen LogP) is 3.31. The molecule has 0 saturated heterocycles. The molecule has 2 aromatic heterocycles. The van der Waals surface area contributed by atoms with Gasteiger partial charge in [0.25, 0.3) is 0 Å². The number of hydrogen-bond donors (Lipinski definition) is 1. The molecule has 3 nitrogen and oxygen atoms in total. The van der Waals surface area contributed by atoms with Crippen LogP contribution in [0.15, 0.2) is 11.4 Å². The van der Waals surface area contributed by atoms with Crippen molar-refractivity contribution in [2.45, 2.75) is 39.3 Å². The number of aliphatic hydroxyl groups excluding tert-OH is 1. The highest BCUT2D eigenvalue weighted by molar-refractivity contribution is 7.16. The topological polar surface area (TPSA) is 36.4 Å². The van der Waals surface area contributed by atoms with Crippen molar-refractivity contribution in [2.24, 2.45) is 0 Å². The summed E-state index contributed by atoms with van der Waals surface area (Å²) in [6, 6.07) is 2.29. The Bertz CT molecular complexity index is 590. The lowest BCUT2D eigenvalue weighted by atomic mass is 10.1. The SMILES string of the molecule is CCC(O)CN1CCc2sc(-c3csc(C)n3)cc2C1. The highest BCUT2D eigenvalue weighted by atomic mass is 32.1. The first-order valence-electron chi connectivity index (χ1n) is 7.10. The van der Waals surface area contributed by atoms with Gasteiger partial charge in [-0.2, -0.15) is 0 Å². The molecule has 20 heavy (non-hydrogen) atoms. The van der Waals surface area contributed by atoms with Crippen molar-refractivity contribution < 1.29 is 5.11 Å². The van der Waals surface area contributed by atoms with Crippen LogP contribution in [-0.2, 0) is 13.0 Å². The van der Waals surface area contributed by atoms with Crippen molar-refractivity contribution in [1.82, 2.24) is 9.88 Å². The Morgan fingerprint density at radius 3 is 3.05 bits per heavy atom. The van der Waals surface area contributed by atoms with E-state index in [0.717, 1.165) is 43.2 Å². The number of hydrogen-bond acceptors (Lipinski definition) is 5. The van der Waals surface area contributed by atoms with Gasteiger partial charge in [0.2, 0.25) is 0 Å². The Balaban J connectivity index is 1.76. The Hall–Kier alpha value is -0.750. The van der Waals surface area contributed by atoms with Gasteiger partial charge in [0, 0.05) is 29.9 Å². The number of aryl methyl sites for hydroxylation is 1. The van der Waals surface area contributed by atoms with E-state index in [1.165, 1.54) is 15.3 Å². The number of aromatic nitrogens is 1. The van der Waals surface area contributed by atoms with Crippen molar-refractivity contribution in [1.29, 1.82) is 0 Å². The quantitative estimate of drug-likeness (QED) is 0.941. The fraction of sp³-hybridized carbons (Fsp3) is 0.533. The van der Waals surface area contributed by atoms with E-state index in [1.54, 1.807) is 11.3 Å². The van der Waals surface area contributed by atoms with E-state index in [-0.39, 0.29) is 6.10 Å². The number of nitrogens with zero attached hydrogens (tertiary/aromatic N) is 2. The monoisotopic (exact) mass is 308 g/mol. The average molecular weight is 308 g/mol. The number of fused-ring (bicyclic) bond motifs is 1.